The Labute approximate surface area is 259 Å². The molecule has 13 heteroatoms. The number of hydrogen-bond acceptors (Lipinski definition) is 9. The number of halogens is 1. The number of aromatic nitrogens is 6. The van der Waals surface area contributed by atoms with E-state index in [4.69, 9.17) is 27.2 Å². The Bertz CT molecular complexity index is 1890. The Morgan fingerprint density at radius 2 is 1.89 bits per heavy atom. The van der Waals surface area contributed by atoms with Crippen molar-refractivity contribution >= 4 is 40.3 Å². The monoisotopic (exact) mass is 613 g/mol. The van der Waals surface area contributed by atoms with Gasteiger partial charge in [0.1, 0.15) is 29.3 Å². The molecule has 0 saturated heterocycles. The van der Waals surface area contributed by atoms with Crippen LogP contribution in [0, 0.1) is 6.92 Å². The molecule has 0 saturated carbocycles. The van der Waals surface area contributed by atoms with Gasteiger partial charge in [-0.25, -0.2) is 14.6 Å². The first kappa shape index (κ1) is 30.4. The molecule has 12 nitrogen and oxygen atoms in total. The van der Waals surface area contributed by atoms with E-state index in [1.165, 1.54) is 17.4 Å². The molecule has 2 amide bonds. The maximum absolute atomic E-state index is 12.7. The zero-order valence-corrected chi connectivity index (χ0v) is 26.0. The van der Waals surface area contributed by atoms with Gasteiger partial charge in [0.05, 0.1) is 23.6 Å². The van der Waals surface area contributed by atoms with E-state index in [2.05, 4.69) is 25.3 Å². The summed E-state index contributed by atoms with van der Waals surface area (Å²) in [7, 11) is 4.91. The van der Waals surface area contributed by atoms with Crippen LogP contribution in [-0.4, -0.2) is 74.2 Å². The number of amides is 2. The molecule has 0 fully saturated rings. The first-order valence-electron chi connectivity index (χ1n) is 13.9. The topological polar surface area (TPSA) is 154 Å². The second-order valence-corrected chi connectivity index (χ2v) is 10.7. The quantitative estimate of drug-likeness (QED) is 0.256. The third-order valence-electron chi connectivity index (χ3n) is 7.31. The van der Waals surface area contributed by atoms with Gasteiger partial charge in [0, 0.05) is 67.0 Å². The van der Waals surface area contributed by atoms with Crippen molar-refractivity contribution in [3.63, 3.8) is 0 Å². The molecule has 0 radical (unpaired) electrons. The van der Waals surface area contributed by atoms with Crippen molar-refractivity contribution in [2.45, 2.75) is 26.8 Å². The van der Waals surface area contributed by atoms with E-state index >= 15 is 0 Å². The zero-order chi connectivity index (χ0) is 31.7. The lowest BCUT2D eigenvalue weighted by Crippen LogP contribution is -2.21. The lowest BCUT2D eigenvalue weighted by molar-refractivity contribution is 0.0827. The molecular weight excluding hydrogens is 582 g/mol. The zero-order valence-electron chi connectivity index (χ0n) is 25.2. The van der Waals surface area contributed by atoms with E-state index in [-0.39, 0.29) is 17.6 Å². The van der Waals surface area contributed by atoms with Crippen molar-refractivity contribution in [2.24, 2.45) is 0 Å². The Morgan fingerprint density at radius 3 is 2.55 bits per heavy atom. The van der Waals surface area contributed by atoms with Crippen LogP contribution >= 0.6 is 11.6 Å². The SMILES string of the molecule is CCOc1c(C(C)n2nc(-c3cncc(C(=O)N(C)C)c3)c3c(N)ncnc32)cc(Cl)c(C)c1-c1ccc(C(=O)NC)nc1. The minimum absolute atomic E-state index is 0.193. The number of pyridine rings is 2. The third kappa shape index (κ3) is 5.39. The van der Waals surface area contributed by atoms with Gasteiger partial charge in [0.2, 0.25) is 0 Å². The minimum atomic E-state index is -0.448. The molecule has 0 aliphatic heterocycles. The van der Waals surface area contributed by atoms with E-state index < -0.39 is 6.04 Å². The van der Waals surface area contributed by atoms with Gasteiger partial charge in [0.25, 0.3) is 11.8 Å². The number of carbonyl (C=O) groups is 2. The molecule has 5 rings (SSSR count). The molecule has 4 aromatic heterocycles. The predicted octanol–water partition coefficient (Wildman–Crippen LogP) is 4.56. The summed E-state index contributed by atoms with van der Waals surface area (Å²) in [6.07, 6.45) is 6.14. The fourth-order valence-electron chi connectivity index (χ4n) is 5.05. The average Bonchev–Trinajstić information content (AvgIpc) is 3.43. The number of nitrogens with zero attached hydrogens (tertiary/aromatic N) is 7. The Balaban J connectivity index is 1.70. The molecule has 4 heterocycles. The highest BCUT2D eigenvalue weighted by Gasteiger charge is 2.27. The summed E-state index contributed by atoms with van der Waals surface area (Å²) in [5.74, 6) is 0.362. The number of anilines is 1. The van der Waals surface area contributed by atoms with Gasteiger partial charge in [0.15, 0.2) is 5.65 Å². The maximum Gasteiger partial charge on any atom is 0.269 e. The number of fused-ring (bicyclic) bond motifs is 1. The van der Waals surface area contributed by atoms with Crippen molar-refractivity contribution in [3.8, 4) is 28.1 Å². The van der Waals surface area contributed by atoms with Gasteiger partial charge in [-0.1, -0.05) is 17.7 Å². The third-order valence-corrected chi connectivity index (χ3v) is 7.70. The van der Waals surface area contributed by atoms with E-state index in [1.54, 1.807) is 50.4 Å². The van der Waals surface area contributed by atoms with Crippen LogP contribution in [0.4, 0.5) is 5.82 Å². The number of hydrogen-bond donors (Lipinski definition) is 2. The Hall–Kier alpha value is -5.10. The fraction of sp³-hybridized carbons (Fsp3) is 0.258. The molecule has 1 unspecified atom stereocenters. The van der Waals surface area contributed by atoms with E-state index in [1.807, 2.05) is 32.9 Å². The van der Waals surface area contributed by atoms with Crippen LogP contribution in [0.3, 0.4) is 0 Å². The van der Waals surface area contributed by atoms with Gasteiger partial charge >= 0.3 is 0 Å². The summed E-state index contributed by atoms with van der Waals surface area (Å²) in [5.41, 5.74) is 11.7. The van der Waals surface area contributed by atoms with Gasteiger partial charge in [-0.2, -0.15) is 5.10 Å². The molecule has 5 aromatic rings. The minimum Gasteiger partial charge on any atom is -0.493 e. The van der Waals surface area contributed by atoms with Crippen LogP contribution in [0.15, 0.2) is 49.2 Å². The fourth-order valence-corrected chi connectivity index (χ4v) is 5.26. The van der Waals surface area contributed by atoms with Crippen LogP contribution < -0.4 is 15.8 Å². The molecule has 1 aromatic carbocycles. The highest BCUT2D eigenvalue weighted by atomic mass is 35.5. The second-order valence-electron chi connectivity index (χ2n) is 10.3. The number of carbonyl (C=O) groups excluding carboxylic acids is 2. The largest absolute Gasteiger partial charge is 0.493 e. The first-order valence-corrected chi connectivity index (χ1v) is 14.2. The van der Waals surface area contributed by atoms with Crippen LogP contribution in [0.1, 0.15) is 51.9 Å². The molecule has 0 spiro atoms. The standard InChI is InChI=1S/C31H32ClN9O3/c1-7-44-27-21(11-22(32)16(2)24(27)18-8-9-23(36-14-18)30(42)34-4)17(3)41-29-25(28(33)37-15-38-29)26(39-41)19-10-20(13-35-12-19)31(43)40(5)6/h8-15,17H,7H2,1-6H3,(H,34,42)(H2,33,37,38). The molecule has 1 atom stereocenters. The number of rotatable bonds is 8. The van der Waals surface area contributed by atoms with Gasteiger partial charge in [-0.3, -0.25) is 19.6 Å². The molecule has 226 valence electrons. The van der Waals surface area contributed by atoms with Crippen LogP contribution in [-0.2, 0) is 0 Å². The smallest absolute Gasteiger partial charge is 0.269 e. The van der Waals surface area contributed by atoms with Crippen molar-refractivity contribution < 1.29 is 14.3 Å². The molecule has 0 aliphatic rings. The predicted molar refractivity (Wildman–Crippen MR) is 169 cm³/mol. The number of nitrogens with one attached hydrogen (secondary N) is 1. The van der Waals surface area contributed by atoms with Crippen LogP contribution in [0.5, 0.6) is 5.75 Å². The van der Waals surface area contributed by atoms with E-state index in [0.717, 1.165) is 22.3 Å². The molecule has 44 heavy (non-hydrogen) atoms. The second kappa shape index (κ2) is 12.3. The van der Waals surface area contributed by atoms with Gasteiger partial charge in [-0.05, 0) is 44.5 Å². The highest BCUT2D eigenvalue weighted by Crippen LogP contribution is 2.44. The van der Waals surface area contributed by atoms with Crippen molar-refractivity contribution in [2.75, 3.05) is 33.5 Å². The Kier molecular flexibility index (Phi) is 8.45. The molecule has 0 aliphatic carbocycles. The number of nitrogen functional groups attached to an aromatic ring is 1. The molecule has 3 N–H and O–H groups in total. The van der Waals surface area contributed by atoms with Crippen molar-refractivity contribution in [1.29, 1.82) is 0 Å². The average molecular weight is 614 g/mol. The van der Waals surface area contributed by atoms with Crippen molar-refractivity contribution in [1.82, 2.24) is 39.9 Å². The molecule has 0 bridgehead atoms. The maximum atomic E-state index is 12.7. The lowest BCUT2D eigenvalue weighted by Gasteiger charge is -2.23. The summed E-state index contributed by atoms with van der Waals surface area (Å²) in [6.45, 7) is 6.15. The first-order chi connectivity index (χ1) is 21.1. The van der Waals surface area contributed by atoms with Crippen molar-refractivity contribution in [3.05, 3.63) is 76.6 Å². The summed E-state index contributed by atoms with van der Waals surface area (Å²) in [5, 5.41) is 8.58. The van der Waals surface area contributed by atoms with Crippen LogP contribution in [0.2, 0.25) is 5.02 Å². The Morgan fingerprint density at radius 1 is 1.11 bits per heavy atom. The normalized spacial score (nSPS) is 11.8. The van der Waals surface area contributed by atoms with Gasteiger partial charge < -0.3 is 20.7 Å². The molecular formula is C31H32ClN9O3. The van der Waals surface area contributed by atoms with Gasteiger partial charge in [-0.15, -0.1) is 0 Å². The summed E-state index contributed by atoms with van der Waals surface area (Å²) < 4.78 is 8.01. The number of ether oxygens (including phenoxy) is 1. The summed E-state index contributed by atoms with van der Waals surface area (Å²) in [6, 6.07) is 6.61. The number of nitrogens with two attached hydrogens (primary N) is 1. The summed E-state index contributed by atoms with van der Waals surface area (Å²) >= 11 is 6.83. The highest BCUT2D eigenvalue weighted by molar-refractivity contribution is 6.32. The van der Waals surface area contributed by atoms with E-state index in [9.17, 15) is 9.59 Å². The van der Waals surface area contributed by atoms with Crippen LogP contribution in [0.25, 0.3) is 33.4 Å². The summed E-state index contributed by atoms with van der Waals surface area (Å²) in [4.78, 5) is 43.7. The van der Waals surface area contributed by atoms with E-state index in [0.29, 0.717) is 50.9 Å². The lowest BCUT2D eigenvalue weighted by atomic mass is 9.94. The number of benzene rings is 1.